The van der Waals surface area contributed by atoms with Crippen molar-refractivity contribution in [1.82, 2.24) is 5.43 Å². The number of esters is 1. The van der Waals surface area contributed by atoms with Gasteiger partial charge in [-0.3, -0.25) is 4.79 Å². The predicted octanol–water partition coefficient (Wildman–Crippen LogP) is 4.33. The van der Waals surface area contributed by atoms with Gasteiger partial charge in [0.2, 0.25) is 5.76 Å². The van der Waals surface area contributed by atoms with Crippen LogP contribution in [-0.4, -0.2) is 24.7 Å². The average molecular weight is 420 g/mol. The highest BCUT2D eigenvalue weighted by molar-refractivity contribution is 5.88. The van der Waals surface area contributed by atoms with E-state index in [1.165, 1.54) is 24.1 Å². The van der Waals surface area contributed by atoms with E-state index in [-0.39, 0.29) is 23.7 Å². The minimum atomic E-state index is -0.577. The molecule has 1 aromatic heterocycles. The first-order valence-corrected chi connectivity index (χ1v) is 9.72. The van der Waals surface area contributed by atoms with Gasteiger partial charge in [0.1, 0.15) is 11.5 Å². The van der Waals surface area contributed by atoms with Crippen LogP contribution in [0.5, 0.6) is 11.5 Å². The standard InChI is InChI=1S/C24H24N2O5/c1-24(2,3)18-8-12-19(13-9-18)30-16-22(27)26-25-15-17-6-10-20(11-7-17)31-23(28)21-5-4-14-29-21/h4-15H,16H2,1-3H3,(H,26,27)/b25-15-. The molecule has 7 heteroatoms. The van der Waals surface area contributed by atoms with E-state index in [2.05, 4.69) is 31.3 Å². The van der Waals surface area contributed by atoms with E-state index in [1.54, 1.807) is 30.3 Å². The second-order valence-electron chi connectivity index (χ2n) is 7.79. The summed E-state index contributed by atoms with van der Waals surface area (Å²) in [6, 6.07) is 17.4. The summed E-state index contributed by atoms with van der Waals surface area (Å²) >= 11 is 0. The number of amides is 1. The van der Waals surface area contributed by atoms with Gasteiger partial charge in [-0.1, -0.05) is 32.9 Å². The van der Waals surface area contributed by atoms with Gasteiger partial charge in [0.15, 0.2) is 6.61 Å². The Labute approximate surface area is 180 Å². The van der Waals surface area contributed by atoms with Gasteiger partial charge in [-0.15, -0.1) is 0 Å². The first kappa shape index (κ1) is 21.8. The van der Waals surface area contributed by atoms with Crippen LogP contribution in [0.4, 0.5) is 0 Å². The molecule has 1 amide bonds. The van der Waals surface area contributed by atoms with Crippen molar-refractivity contribution >= 4 is 18.1 Å². The number of hydrogen-bond acceptors (Lipinski definition) is 6. The van der Waals surface area contributed by atoms with Crippen LogP contribution < -0.4 is 14.9 Å². The van der Waals surface area contributed by atoms with E-state index in [0.29, 0.717) is 11.5 Å². The third kappa shape index (κ3) is 6.57. The molecule has 0 aliphatic rings. The first-order valence-electron chi connectivity index (χ1n) is 9.72. The normalized spacial score (nSPS) is 11.3. The number of hydrogen-bond donors (Lipinski definition) is 1. The molecular weight excluding hydrogens is 396 g/mol. The molecule has 0 saturated carbocycles. The molecule has 0 fully saturated rings. The minimum Gasteiger partial charge on any atom is -0.484 e. The number of nitrogens with one attached hydrogen (secondary N) is 1. The van der Waals surface area contributed by atoms with Crippen molar-refractivity contribution in [3.05, 3.63) is 83.8 Å². The Bertz CT molecular complexity index is 1030. The molecule has 0 unspecified atom stereocenters. The molecule has 0 saturated heterocycles. The Hall–Kier alpha value is -3.87. The SMILES string of the molecule is CC(C)(C)c1ccc(OCC(=O)N/N=C\c2ccc(OC(=O)c3ccco3)cc2)cc1. The fourth-order valence-electron chi connectivity index (χ4n) is 2.59. The first-order chi connectivity index (χ1) is 14.8. The Morgan fingerprint density at radius 3 is 2.29 bits per heavy atom. The van der Waals surface area contributed by atoms with Gasteiger partial charge in [0.25, 0.3) is 5.91 Å². The third-order valence-corrected chi connectivity index (χ3v) is 4.31. The van der Waals surface area contributed by atoms with Crippen molar-refractivity contribution in [3.63, 3.8) is 0 Å². The highest BCUT2D eigenvalue weighted by atomic mass is 16.5. The highest BCUT2D eigenvalue weighted by Crippen LogP contribution is 2.24. The van der Waals surface area contributed by atoms with Gasteiger partial charge in [-0.25, -0.2) is 10.2 Å². The average Bonchev–Trinajstić information content (AvgIpc) is 3.28. The lowest BCUT2D eigenvalue weighted by Crippen LogP contribution is -2.24. The number of hydrazone groups is 1. The van der Waals surface area contributed by atoms with Gasteiger partial charge in [-0.2, -0.15) is 5.10 Å². The summed E-state index contributed by atoms with van der Waals surface area (Å²) in [6.07, 6.45) is 2.88. The van der Waals surface area contributed by atoms with Crippen molar-refractivity contribution in [3.8, 4) is 11.5 Å². The number of carbonyl (C=O) groups is 2. The van der Waals surface area contributed by atoms with Crippen LogP contribution in [0.3, 0.4) is 0 Å². The molecule has 1 N–H and O–H groups in total. The summed E-state index contributed by atoms with van der Waals surface area (Å²) in [5.74, 6) is 0.160. The van der Waals surface area contributed by atoms with Crippen molar-refractivity contribution in [1.29, 1.82) is 0 Å². The molecule has 3 rings (SSSR count). The number of nitrogens with zero attached hydrogens (tertiary/aromatic N) is 1. The Balaban J connectivity index is 1.43. The van der Waals surface area contributed by atoms with Gasteiger partial charge >= 0.3 is 5.97 Å². The second kappa shape index (κ2) is 9.75. The topological polar surface area (TPSA) is 90.1 Å². The lowest BCUT2D eigenvalue weighted by Gasteiger charge is -2.19. The zero-order valence-electron chi connectivity index (χ0n) is 17.6. The number of furan rings is 1. The fraction of sp³-hybridized carbons (Fsp3) is 0.208. The maximum atomic E-state index is 11.9. The van der Waals surface area contributed by atoms with Crippen molar-refractivity contribution < 1.29 is 23.5 Å². The summed E-state index contributed by atoms with van der Waals surface area (Å²) in [6.45, 7) is 6.26. The summed E-state index contributed by atoms with van der Waals surface area (Å²) in [4.78, 5) is 23.7. The molecule has 7 nitrogen and oxygen atoms in total. The molecule has 0 spiro atoms. The van der Waals surface area contributed by atoms with Crippen LogP contribution in [-0.2, 0) is 10.2 Å². The molecule has 3 aromatic rings. The number of benzene rings is 2. The molecule has 0 bridgehead atoms. The predicted molar refractivity (Wildman–Crippen MR) is 116 cm³/mol. The number of carbonyl (C=O) groups excluding carboxylic acids is 2. The molecule has 0 aliphatic heterocycles. The van der Waals surface area contributed by atoms with Crippen molar-refractivity contribution in [2.75, 3.05) is 6.61 Å². The summed E-state index contributed by atoms with van der Waals surface area (Å²) in [5, 5.41) is 3.90. The van der Waals surface area contributed by atoms with Crippen LogP contribution in [0, 0.1) is 0 Å². The molecule has 31 heavy (non-hydrogen) atoms. The zero-order valence-corrected chi connectivity index (χ0v) is 17.6. The van der Waals surface area contributed by atoms with Crippen LogP contribution in [0.2, 0.25) is 0 Å². The van der Waals surface area contributed by atoms with E-state index in [4.69, 9.17) is 13.9 Å². The van der Waals surface area contributed by atoms with Crippen LogP contribution in [0.15, 0.2) is 76.4 Å². The van der Waals surface area contributed by atoms with Gasteiger partial charge in [-0.05, 0) is 65.1 Å². The molecule has 0 aliphatic carbocycles. The Kier molecular flexibility index (Phi) is 6.87. The van der Waals surface area contributed by atoms with E-state index >= 15 is 0 Å². The third-order valence-electron chi connectivity index (χ3n) is 4.31. The Morgan fingerprint density at radius 1 is 1.00 bits per heavy atom. The Morgan fingerprint density at radius 2 is 1.68 bits per heavy atom. The molecule has 160 valence electrons. The fourth-order valence-corrected chi connectivity index (χ4v) is 2.59. The molecule has 0 radical (unpaired) electrons. The van der Waals surface area contributed by atoms with E-state index in [9.17, 15) is 9.59 Å². The minimum absolute atomic E-state index is 0.0594. The number of ether oxygens (including phenoxy) is 2. The lowest BCUT2D eigenvalue weighted by molar-refractivity contribution is -0.123. The van der Waals surface area contributed by atoms with Crippen LogP contribution >= 0.6 is 0 Å². The smallest absolute Gasteiger partial charge is 0.379 e. The summed E-state index contributed by atoms with van der Waals surface area (Å²) in [7, 11) is 0. The molecule has 0 atom stereocenters. The van der Waals surface area contributed by atoms with Gasteiger partial charge < -0.3 is 13.9 Å². The van der Waals surface area contributed by atoms with Gasteiger partial charge in [0.05, 0.1) is 12.5 Å². The monoisotopic (exact) mass is 420 g/mol. The van der Waals surface area contributed by atoms with Crippen molar-refractivity contribution in [2.45, 2.75) is 26.2 Å². The maximum Gasteiger partial charge on any atom is 0.379 e. The second-order valence-corrected chi connectivity index (χ2v) is 7.79. The van der Waals surface area contributed by atoms with Crippen LogP contribution in [0.1, 0.15) is 42.5 Å². The molecule has 1 heterocycles. The number of rotatable bonds is 7. The lowest BCUT2D eigenvalue weighted by atomic mass is 9.87. The van der Waals surface area contributed by atoms with E-state index < -0.39 is 5.97 Å². The van der Waals surface area contributed by atoms with Crippen molar-refractivity contribution in [2.24, 2.45) is 5.10 Å². The zero-order chi connectivity index (χ0) is 22.3. The highest BCUT2D eigenvalue weighted by Gasteiger charge is 2.13. The quantitative estimate of drug-likeness (QED) is 0.266. The molecule has 2 aromatic carbocycles. The molecular formula is C24H24N2O5. The van der Waals surface area contributed by atoms with E-state index in [0.717, 1.165) is 5.56 Å². The summed E-state index contributed by atoms with van der Waals surface area (Å²) in [5.41, 5.74) is 4.38. The summed E-state index contributed by atoms with van der Waals surface area (Å²) < 4.78 is 15.7. The van der Waals surface area contributed by atoms with E-state index in [1.807, 2.05) is 24.3 Å². The van der Waals surface area contributed by atoms with Crippen LogP contribution in [0.25, 0.3) is 0 Å². The maximum absolute atomic E-state index is 11.9. The van der Waals surface area contributed by atoms with Gasteiger partial charge in [0, 0.05) is 0 Å². The largest absolute Gasteiger partial charge is 0.484 e.